The van der Waals surface area contributed by atoms with E-state index in [1.807, 2.05) is 23.1 Å². The minimum absolute atomic E-state index is 0.169. The molecule has 1 aromatic carbocycles. The van der Waals surface area contributed by atoms with E-state index in [1.54, 1.807) is 29.8 Å². The molecule has 2 amide bonds. The number of nitrogens with one attached hydrogen (secondary N) is 1. The molecule has 7 heteroatoms. The minimum Gasteiger partial charge on any atom is -0.315 e. The van der Waals surface area contributed by atoms with Crippen molar-refractivity contribution in [1.82, 2.24) is 19.9 Å². The summed E-state index contributed by atoms with van der Waals surface area (Å²) in [5, 5.41) is 3.71. The molecule has 0 unspecified atom stereocenters. The predicted octanol–water partition coefficient (Wildman–Crippen LogP) is 3.28. The summed E-state index contributed by atoms with van der Waals surface area (Å²) in [7, 11) is 0. The van der Waals surface area contributed by atoms with Crippen molar-refractivity contribution >= 4 is 33.5 Å². The average Bonchev–Trinajstić information content (AvgIpc) is 3.32. The van der Waals surface area contributed by atoms with Crippen LogP contribution >= 0.6 is 11.3 Å². The molecule has 0 saturated heterocycles. The van der Waals surface area contributed by atoms with Crippen molar-refractivity contribution in [2.24, 2.45) is 0 Å². The van der Waals surface area contributed by atoms with E-state index >= 15 is 0 Å². The molecule has 2 heterocycles. The van der Waals surface area contributed by atoms with Gasteiger partial charge in [-0.05, 0) is 31.0 Å². The number of nitrogens with zero attached hydrogens (tertiary/aromatic N) is 4. The van der Waals surface area contributed by atoms with Gasteiger partial charge in [0, 0.05) is 18.4 Å². The standard InChI is InChI=1S/C16H15N5OS/c22-16(20-15-17-8-3-9-18-15)21(11-6-7-11)10-14-19-12-4-1-2-5-13(12)23-14/h1-5,8-9,11H,6-7,10H2,(H,17,18,20,22). The molecule has 1 fully saturated rings. The SMILES string of the molecule is O=C(Nc1ncccn1)N(Cc1nc2ccccc2s1)C1CC1. The van der Waals surface area contributed by atoms with Crippen LogP contribution in [0.4, 0.5) is 10.7 Å². The van der Waals surface area contributed by atoms with E-state index in [1.165, 1.54) is 0 Å². The van der Waals surface area contributed by atoms with E-state index in [0.29, 0.717) is 12.5 Å². The van der Waals surface area contributed by atoms with Crippen molar-refractivity contribution in [2.75, 3.05) is 5.32 Å². The molecule has 1 aliphatic carbocycles. The molecule has 23 heavy (non-hydrogen) atoms. The minimum atomic E-state index is -0.169. The van der Waals surface area contributed by atoms with Gasteiger partial charge in [0.2, 0.25) is 5.95 Å². The zero-order valence-corrected chi connectivity index (χ0v) is 13.2. The topological polar surface area (TPSA) is 71.0 Å². The lowest BCUT2D eigenvalue weighted by Crippen LogP contribution is -2.36. The first-order valence-electron chi connectivity index (χ1n) is 7.49. The summed E-state index contributed by atoms with van der Waals surface area (Å²) in [5.74, 6) is 0.326. The molecule has 1 saturated carbocycles. The van der Waals surface area contributed by atoms with Crippen LogP contribution in [-0.4, -0.2) is 31.9 Å². The van der Waals surface area contributed by atoms with Gasteiger partial charge in [0.25, 0.3) is 0 Å². The molecule has 4 rings (SSSR count). The number of carbonyl (C=O) groups is 1. The van der Waals surface area contributed by atoms with Crippen LogP contribution in [0.15, 0.2) is 42.7 Å². The maximum atomic E-state index is 12.5. The summed E-state index contributed by atoms with van der Waals surface area (Å²) in [6.07, 6.45) is 5.29. The van der Waals surface area contributed by atoms with Crippen LogP contribution in [-0.2, 0) is 6.54 Å². The maximum absolute atomic E-state index is 12.5. The first kappa shape index (κ1) is 14.1. The summed E-state index contributed by atoms with van der Waals surface area (Å²) < 4.78 is 1.14. The van der Waals surface area contributed by atoms with Gasteiger partial charge in [0.15, 0.2) is 0 Å². The lowest BCUT2D eigenvalue weighted by molar-refractivity contribution is 0.206. The van der Waals surface area contributed by atoms with E-state index < -0.39 is 0 Å². The van der Waals surface area contributed by atoms with Gasteiger partial charge in [-0.2, -0.15) is 0 Å². The number of amides is 2. The monoisotopic (exact) mass is 325 g/mol. The van der Waals surface area contributed by atoms with Crippen LogP contribution in [0, 0.1) is 0 Å². The Bertz CT molecular complexity index is 798. The number of rotatable bonds is 4. The highest BCUT2D eigenvalue weighted by Crippen LogP contribution is 2.30. The molecule has 0 radical (unpaired) electrons. The van der Waals surface area contributed by atoms with Crippen LogP contribution in [0.25, 0.3) is 10.2 Å². The number of hydrogen-bond donors (Lipinski definition) is 1. The van der Waals surface area contributed by atoms with Crippen molar-refractivity contribution < 1.29 is 4.79 Å². The third kappa shape index (κ3) is 3.14. The molecule has 3 aromatic rings. The molecular formula is C16H15N5OS. The van der Waals surface area contributed by atoms with Crippen molar-refractivity contribution in [3.8, 4) is 0 Å². The number of urea groups is 1. The van der Waals surface area contributed by atoms with Gasteiger partial charge < -0.3 is 4.90 Å². The third-order valence-electron chi connectivity index (χ3n) is 3.68. The van der Waals surface area contributed by atoms with Gasteiger partial charge >= 0.3 is 6.03 Å². The highest BCUT2D eigenvalue weighted by atomic mass is 32.1. The number of hydrogen-bond acceptors (Lipinski definition) is 5. The Kier molecular flexibility index (Phi) is 3.63. The number of benzene rings is 1. The number of anilines is 1. The number of thiazole rings is 1. The molecule has 0 aliphatic heterocycles. The lowest BCUT2D eigenvalue weighted by atomic mass is 10.3. The van der Waals surface area contributed by atoms with Crippen LogP contribution in [0.3, 0.4) is 0 Å². The second-order valence-electron chi connectivity index (χ2n) is 5.44. The maximum Gasteiger partial charge on any atom is 0.324 e. The molecule has 0 atom stereocenters. The Morgan fingerprint density at radius 2 is 2.00 bits per heavy atom. The lowest BCUT2D eigenvalue weighted by Gasteiger charge is -2.21. The molecule has 1 N–H and O–H groups in total. The molecule has 0 spiro atoms. The fraction of sp³-hybridized carbons (Fsp3) is 0.250. The summed E-state index contributed by atoms with van der Waals surface area (Å²) >= 11 is 1.63. The average molecular weight is 325 g/mol. The van der Waals surface area contributed by atoms with Gasteiger partial charge in [0.1, 0.15) is 5.01 Å². The highest BCUT2D eigenvalue weighted by Gasteiger charge is 2.33. The van der Waals surface area contributed by atoms with Crippen LogP contribution < -0.4 is 5.32 Å². The van der Waals surface area contributed by atoms with Gasteiger partial charge in [-0.3, -0.25) is 5.32 Å². The van der Waals surface area contributed by atoms with E-state index in [2.05, 4.69) is 26.3 Å². The van der Waals surface area contributed by atoms with Crippen molar-refractivity contribution in [3.63, 3.8) is 0 Å². The van der Waals surface area contributed by atoms with Crippen molar-refractivity contribution in [2.45, 2.75) is 25.4 Å². The Morgan fingerprint density at radius 3 is 2.74 bits per heavy atom. The first-order valence-corrected chi connectivity index (χ1v) is 8.30. The van der Waals surface area contributed by atoms with Crippen molar-refractivity contribution in [3.05, 3.63) is 47.7 Å². The van der Waals surface area contributed by atoms with Crippen molar-refractivity contribution in [1.29, 1.82) is 0 Å². The number of fused-ring (bicyclic) bond motifs is 1. The van der Waals surface area contributed by atoms with Gasteiger partial charge in [-0.25, -0.2) is 19.7 Å². The highest BCUT2D eigenvalue weighted by molar-refractivity contribution is 7.18. The molecule has 6 nitrogen and oxygen atoms in total. The van der Waals surface area contributed by atoms with Gasteiger partial charge in [-0.15, -0.1) is 11.3 Å². The molecule has 1 aliphatic rings. The Hall–Kier alpha value is -2.54. The van der Waals surface area contributed by atoms with Gasteiger partial charge in [-0.1, -0.05) is 12.1 Å². The third-order valence-corrected chi connectivity index (χ3v) is 4.70. The first-order chi connectivity index (χ1) is 11.3. The Labute approximate surface area is 137 Å². The number of para-hydroxylation sites is 1. The Morgan fingerprint density at radius 1 is 1.22 bits per heavy atom. The van der Waals surface area contributed by atoms with E-state index in [-0.39, 0.29) is 12.1 Å². The quantitative estimate of drug-likeness (QED) is 0.799. The van der Waals surface area contributed by atoms with E-state index in [4.69, 9.17) is 0 Å². The Balaban J connectivity index is 1.52. The normalized spacial score (nSPS) is 13.9. The van der Waals surface area contributed by atoms with E-state index in [9.17, 15) is 4.79 Å². The second kappa shape index (κ2) is 5.92. The van der Waals surface area contributed by atoms with Crippen LogP contribution in [0.5, 0.6) is 0 Å². The van der Waals surface area contributed by atoms with Crippen LogP contribution in [0.1, 0.15) is 17.8 Å². The summed E-state index contributed by atoms with van der Waals surface area (Å²) in [6.45, 7) is 0.517. The zero-order chi connectivity index (χ0) is 15.6. The predicted molar refractivity (Wildman–Crippen MR) is 89.2 cm³/mol. The largest absolute Gasteiger partial charge is 0.324 e. The zero-order valence-electron chi connectivity index (χ0n) is 12.3. The smallest absolute Gasteiger partial charge is 0.315 e. The summed E-state index contributed by atoms with van der Waals surface area (Å²) in [4.78, 5) is 27.1. The molecular weight excluding hydrogens is 310 g/mol. The fourth-order valence-corrected chi connectivity index (χ4v) is 3.38. The molecule has 0 bridgehead atoms. The number of carbonyl (C=O) groups excluding carboxylic acids is 1. The summed E-state index contributed by atoms with van der Waals surface area (Å²) in [6, 6.07) is 9.86. The van der Waals surface area contributed by atoms with Crippen LogP contribution in [0.2, 0.25) is 0 Å². The second-order valence-corrected chi connectivity index (χ2v) is 6.55. The summed E-state index contributed by atoms with van der Waals surface area (Å²) in [5.41, 5.74) is 0.982. The fourth-order valence-electron chi connectivity index (χ4n) is 2.42. The van der Waals surface area contributed by atoms with E-state index in [0.717, 1.165) is 28.1 Å². The van der Waals surface area contributed by atoms with Gasteiger partial charge in [0.05, 0.1) is 16.8 Å². The molecule has 116 valence electrons. The number of aromatic nitrogens is 3. The molecule has 2 aromatic heterocycles.